The number of alkyl halides is 3. The van der Waals surface area contributed by atoms with Crippen LogP contribution in [0, 0.1) is 0 Å². The fraction of sp³-hybridized carbons (Fsp3) is 0.333. The molecule has 1 aromatic carbocycles. The monoisotopic (exact) mass is 550 g/mol. The summed E-state index contributed by atoms with van der Waals surface area (Å²) in [5.74, 6) is 1.70. The number of methoxy groups -OCH3 is 2. The topological polar surface area (TPSA) is 106 Å². The van der Waals surface area contributed by atoms with Gasteiger partial charge in [0.25, 0.3) is 0 Å². The number of halogens is 3. The van der Waals surface area contributed by atoms with Crippen molar-refractivity contribution in [1.82, 2.24) is 39.3 Å². The van der Waals surface area contributed by atoms with E-state index >= 15 is 0 Å². The molecule has 0 unspecified atom stereocenters. The van der Waals surface area contributed by atoms with E-state index in [0.29, 0.717) is 58.8 Å². The third kappa shape index (κ3) is 4.61. The molecule has 0 aliphatic heterocycles. The Bertz CT molecular complexity index is 1690. The number of hydrogen-bond acceptors (Lipinski definition) is 8. The average Bonchev–Trinajstić information content (AvgIpc) is 3.58. The van der Waals surface area contributed by atoms with Gasteiger partial charge in [0.2, 0.25) is 11.8 Å². The first-order valence-corrected chi connectivity index (χ1v) is 12.7. The molecule has 5 aromatic rings. The number of imidazole rings is 1. The van der Waals surface area contributed by atoms with Gasteiger partial charge in [0.1, 0.15) is 23.1 Å². The second kappa shape index (κ2) is 9.88. The summed E-state index contributed by atoms with van der Waals surface area (Å²) in [4.78, 5) is 22.1. The second-order valence-electron chi connectivity index (χ2n) is 9.44. The largest absolute Gasteiger partial charge is 0.480 e. The van der Waals surface area contributed by atoms with Gasteiger partial charge < -0.3 is 14.0 Å². The SMILES string of the molecule is CCn1cc(C(F)(F)F)nc1-c1ccc(Cn2ncc3c(OC)nc(-c4c(OC)ncnc4C4CC4)nc32)cc1. The van der Waals surface area contributed by atoms with E-state index < -0.39 is 11.9 Å². The number of fused-ring (bicyclic) bond motifs is 1. The molecule has 4 aromatic heterocycles. The van der Waals surface area contributed by atoms with Crippen LogP contribution in [0.2, 0.25) is 0 Å². The molecular formula is C27H25F3N8O2. The number of hydrogen-bond donors (Lipinski definition) is 0. The highest BCUT2D eigenvalue weighted by Gasteiger charge is 2.35. The molecule has 13 heteroatoms. The molecule has 0 radical (unpaired) electrons. The summed E-state index contributed by atoms with van der Waals surface area (Å²) in [7, 11) is 3.08. The quantitative estimate of drug-likeness (QED) is 0.262. The van der Waals surface area contributed by atoms with E-state index in [0.717, 1.165) is 30.3 Å². The van der Waals surface area contributed by atoms with Gasteiger partial charge in [0.15, 0.2) is 17.2 Å². The molecule has 1 saturated carbocycles. The van der Waals surface area contributed by atoms with Gasteiger partial charge >= 0.3 is 6.18 Å². The summed E-state index contributed by atoms with van der Waals surface area (Å²) in [5, 5.41) is 5.15. The highest BCUT2D eigenvalue weighted by atomic mass is 19.4. The van der Waals surface area contributed by atoms with Crippen LogP contribution in [0.25, 0.3) is 33.8 Å². The number of benzene rings is 1. The Morgan fingerprint density at radius 1 is 0.975 bits per heavy atom. The minimum absolute atomic E-state index is 0.263. The van der Waals surface area contributed by atoms with Crippen molar-refractivity contribution in [3.05, 3.63) is 59.9 Å². The van der Waals surface area contributed by atoms with Crippen molar-refractivity contribution in [2.45, 2.75) is 44.9 Å². The predicted octanol–water partition coefficient (Wildman–Crippen LogP) is 5.13. The van der Waals surface area contributed by atoms with Crippen molar-refractivity contribution < 1.29 is 22.6 Å². The van der Waals surface area contributed by atoms with Gasteiger partial charge in [-0.25, -0.2) is 24.6 Å². The second-order valence-corrected chi connectivity index (χ2v) is 9.44. The Labute approximate surface area is 226 Å². The highest BCUT2D eigenvalue weighted by Crippen LogP contribution is 2.45. The fourth-order valence-corrected chi connectivity index (χ4v) is 4.68. The van der Waals surface area contributed by atoms with Gasteiger partial charge in [0.05, 0.1) is 32.7 Å². The normalized spacial score (nSPS) is 13.7. The number of aromatic nitrogens is 8. The first kappa shape index (κ1) is 25.7. The van der Waals surface area contributed by atoms with E-state index in [1.807, 2.05) is 12.1 Å². The molecule has 0 amide bonds. The van der Waals surface area contributed by atoms with Gasteiger partial charge in [-0.3, -0.25) is 0 Å². The van der Waals surface area contributed by atoms with E-state index in [1.54, 1.807) is 37.0 Å². The highest BCUT2D eigenvalue weighted by molar-refractivity contribution is 5.83. The molecule has 1 fully saturated rings. The average molecular weight is 551 g/mol. The Balaban J connectivity index is 1.36. The molecule has 0 saturated heterocycles. The minimum atomic E-state index is -4.51. The maximum atomic E-state index is 13.2. The van der Waals surface area contributed by atoms with Crippen molar-refractivity contribution in [2.24, 2.45) is 0 Å². The molecule has 40 heavy (non-hydrogen) atoms. The van der Waals surface area contributed by atoms with Crippen LogP contribution in [-0.2, 0) is 19.3 Å². The molecular weight excluding hydrogens is 525 g/mol. The van der Waals surface area contributed by atoms with E-state index in [9.17, 15) is 13.2 Å². The van der Waals surface area contributed by atoms with Crippen LogP contribution in [-0.4, -0.2) is 53.5 Å². The zero-order chi connectivity index (χ0) is 28.0. The maximum absolute atomic E-state index is 13.2. The molecule has 4 heterocycles. The van der Waals surface area contributed by atoms with Crippen LogP contribution in [0.5, 0.6) is 11.8 Å². The summed E-state index contributed by atoms with van der Waals surface area (Å²) in [6, 6.07) is 7.18. The molecule has 1 aliphatic carbocycles. The maximum Gasteiger partial charge on any atom is 0.434 e. The van der Waals surface area contributed by atoms with E-state index in [2.05, 4.69) is 25.0 Å². The van der Waals surface area contributed by atoms with Crippen molar-refractivity contribution in [3.8, 4) is 34.5 Å². The summed E-state index contributed by atoms with van der Waals surface area (Å²) in [5.41, 5.74) is 2.57. The van der Waals surface area contributed by atoms with Crippen LogP contribution in [0.1, 0.15) is 42.6 Å². The van der Waals surface area contributed by atoms with Gasteiger partial charge in [-0.05, 0) is 25.3 Å². The smallest absolute Gasteiger partial charge is 0.434 e. The van der Waals surface area contributed by atoms with Crippen LogP contribution in [0.3, 0.4) is 0 Å². The van der Waals surface area contributed by atoms with Crippen molar-refractivity contribution in [1.29, 1.82) is 0 Å². The standard InChI is InChI=1S/C27H25F3N8O2/c1-4-37-13-19(27(28,29)30)34-23(37)17-7-5-15(6-8-17)12-38-24-18(11-33-38)25(39-2)36-22(35-24)20-21(16-9-10-16)31-14-32-26(20)40-3/h5-8,11,13-14,16H,4,9-10,12H2,1-3H3. The number of ether oxygens (including phenoxy) is 2. The van der Waals surface area contributed by atoms with Crippen molar-refractivity contribution >= 4 is 11.0 Å². The predicted molar refractivity (Wildman–Crippen MR) is 139 cm³/mol. The lowest BCUT2D eigenvalue weighted by molar-refractivity contribution is -0.140. The van der Waals surface area contributed by atoms with Gasteiger partial charge in [-0.1, -0.05) is 24.3 Å². The number of rotatable bonds is 8. The molecule has 206 valence electrons. The Hall–Kier alpha value is -4.55. The van der Waals surface area contributed by atoms with E-state index in [-0.39, 0.29) is 5.82 Å². The lowest BCUT2D eigenvalue weighted by atomic mass is 10.1. The van der Waals surface area contributed by atoms with Crippen molar-refractivity contribution in [2.75, 3.05) is 14.2 Å². The molecule has 0 N–H and O–H groups in total. The lowest BCUT2D eigenvalue weighted by Crippen LogP contribution is -2.06. The summed E-state index contributed by atoms with van der Waals surface area (Å²) in [6.45, 7) is 2.50. The summed E-state index contributed by atoms with van der Waals surface area (Å²) < 4.78 is 54.0. The van der Waals surface area contributed by atoms with Crippen LogP contribution in [0.15, 0.2) is 43.0 Å². The number of aryl methyl sites for hydroxylation is 1. The first-order valence-electron chi connectivity index (χ1n) is 12.7. The third-order valence-corrected chi connectivity index (χ3v) is 6.83. The van der Waals surface area contributed by atoms with Crippen molar-refractivity contribution in [3.63, 3.8) is 0 Å². The fourth-order valence-electron chi connectivity index (χ4n) is 4.68. The zero-order valence-electron chi connectivity index (χ0n) is 22.0. The Kier molecular flexibility index (Phi) is 6.35. The molecule has 6 rings (SSSR count). The molecule has 0 spiro atoms. The molecule has 10 nitrogen and oxygen atoms in total. The van der Waals surface area contributed by atoms with Gasteiger partial charge in [-0.15, -0.1) is 0 Å². The van der Waals surface area contributed by atoms with Gasteiger partial charge in [-0.2, -0.15) is 23.3 Å². The molecule has 0 bridgehead atoms. The van der Waals surface area contributed by atoms with Crippen LogP contribution >= 0.6 is 0 Å². The Morgan fingerprint density at radius 2 is 1.73 bits per heavy atom. The first-order chi connectivity index (χ1) is 19.3. The van der Waals surface area contributed by atoms with E-state index in [1.165, 1.54) is 18.0 Å². The van der Waals surface area contributed by atoms with E-state index in [4.69, 9.17) is 14.5 Å². The third-order valence-electron chi connectivity index (χ3n) is 6.83. The summed E-state index contributed by atoms with van der Waals surface area (Å²) in [6.07, 6.45) is 1.70. The zero-order valence-corrected chi connectivity index (χ0v) is 22.0. The molecule has 0 atom stereocenters. The summed E-state index contributed by atoms with van der Waals surface area (Å²) >= 11 is 0. The van der Waals surface area contributed by atoms with Crippen LogP contribution in [0.4, 0.5) is 13.2 Å². The van der Waals surface area contributed by atoms with Gasteiger partial charge in [0, 0.05) is 24.2 Å². The lowest BCUT2D eigenvalue weighted by Gasteiger charge is -2.12. The minimum Gasteiger partial charge on any atom is -0.480 e. The number of nitrogens with zero attached hydrogens (tertiary/aromatic N) is 8. The Morgan fingerprint density at radius 3 is 2.38 bits per heavy atom. The van der Waals surface area contributed by atoms with Crippen LogP contribution < -0.4 is 9.47 Å². The molecule has 1 aliphatic rings.